The van der Waals surface area contributed by atoms with Crippen molar-refractivity contribution in [2.45, 2.75) is 19.4 Å². The molecular weight excluding hydrogens is 254 g/mol. The number of carbonyl (C=O) groups is 2. The molecule has 0 saturated carbocycles. The average molecular weight is 269 g/mol. The van der Waals surface area contributed by atoms with E-state index in [1.165, 1.54) is 11.3 Å². The van der Waals surface area contributed by atoms with E-state index in [4.69, 9.17) is 0 Å². The van der Waals surface area contributed by atoms with Gasteiger partial charge in [0.1, 0.15) is 6.04 Å². The maximum Gasteiger partial charge on any atom is 0.285 e. The Morgan fingerprint density at radius 1 is 1.61 bits per heavy atom. The molecule has 1 unspecified atom stereocenters. The van der Waals surface area contributed by atoms with E-state index in [2.05, 4.69) is 20.8 Å². The highest BCUT2D eigenvalue weighted by atomic mass is 32.1. The van der Waals surface area contributed by atoms with Gasteiger partial charge in [-0.1, -0.05) is 18.3 Å². The van der Waals surface area contributed by atoms with E-state index < -0.39 is 6.04 Å². The summed E-state index contributed by atoms with van der Waals surface area (Å²) >= 11 is 1.19. The molecule has 0 aromatic carbocycles. The molecule has 0 spiro atoms. The molecule has 1 aromatic rings. The van der Waals surface area contributed by atoms with Crippen LogP contribution in [-0.4, -0.2) is 53.1 Å². The molecule has 98 valence electrons. The second-order valence-electron chi connectivity index (χ2n) is 3.88. The zero-order chi connectivity index (χ0) is 13.1. The van der Waals surface area contributed by atoms with Gasteiger partial charge >= 0.3 is 0 Å². The fourth-order valence-corrected chi connectivity index (χ4v) is 2.55. The number of nitrogens with zero attached hydrogens (tertiary/aromatic N) is 3. The largest absolute Gasteiger partial charge is 0.363 e. The molecule has 1 atom stereocenters. The first-order valence-corrected chi connectivity index (χ1v) is 6.59. The normalized spacial score (nSPS) is 19.6. The van der Waals surface area contributed by atoms with Gasteiger partial charge in [-0.05, 0) is 6.42 Å². The Balaban J connectivity index is 2.18. The molecule has 7 nitrogen and oxygen atoms in total. The molecule has 2 rings (SSSR count). The maximum atomic E-state index is 12.3. The standard InChI is InChI=1S/C10H15N5O2S/c1-3-6-7(16)12-4-5-15(6)9(17)8-13-14-10(11-2)18-8/h6H,3-5H2,1-2H3,(H,11,14)(H,12,16). The van der Waals surface area contributed by atoms with Crippen molar-refractivity contribution in [3.63, 3.8) is 0 Å². The molecule has 1 aliphatic rings. The Hall–Kier alpha value is -1.70. The monoisotopic (exact) mass is 269 g/mol. The van der Waals surface area contributed by atoms with E-state index >= 15 is 0 Å². The molecule has 2 amide bonds. The minimum atomic E-state index is -0.409. The first kappa shape index (κ1) is 12.7. The number of carbonyl (C=O) groups excluding carboxylic acids is 2. The van der Waals surface area contributed by atoms with Gasteiger partial charge in [0.15, 0.2) is 0 Å². The van der Waals surface area contributed by atoms with Gasteiger partial charge in [0.2, 0.25) is 16.0 Å². The van der Waals surface area contributed by atoms with Crippen LogP contribution in [-0.2, 0) is 4.79 Å². The van der Waals surface area contributed by atoms with Gasteiger partial charge < -0.3 is 15.5 Å². The number of nitrogens with one attached hydrogen (secondary N) is 2. The molecule has 1 aromatic heterocycles. The van der Waals surface area contributed by atoms with Gasteiger partial charge in [0.05, 0.1) is 0 Å². The van der Waals surface area contributed by atoms with E-state index in [1.54, 1.807) is 11.9 Å². The van der Waals surface area contributed by atoms with Gasteiger partial charge in [0.25, 0.3) is 5.91 Å². The molecule has 2 heterocycles. The second kappa shape index (κ2) is 5.30. The van der Waals surface area contributed by atoms with Crippen molar-refractivity contribution >= 4 is 28.3 Å². The third-order valence-corrected chi connectivity index (χ3v) is 3.73. The lowest BCUT2D eigenvalue weighted by molar-refractivity contribution is -0.127. The number of amides is 2. The number of hydrogen-bond donors (Lipinski definition) is 2. The van der Waals surface area contributed by atoms with Gasteiger partial charge in [-0.2, -0.15) is 0 Å². The summed E-state index contributed by atoms with van der Waals surface area (Å²) in [6.07, 6.45) is 0.593. The fourth-order valence-electron chi connectivity index (χ4n) is 1.90. The molecule has 2 N–H and O–H groups in total. The van der Waals surface area contributed by atoms with Crippen LogP contribution in [0.25, 0.3) is 0 Å². The van der Waals surface area contributed by atoms with Crippen molar-refractivity contribution in [3.05, 3.63) is 5.01 Å². The molecule has 18 heavy (non-hydrogen) atoms. The van der Waals surface area contributed by atoms with Crippen LogP contribution in [0.2, 0.25) is 0 Å². The van der Waals surface area contributed by atoms with Crippen molar-refractivity contribution in [1.29, 1.82) is 0 Å². The Morgan fingerprint density at radius 3 is 3.00 bits per heavy atom. The summed E-state index contributed by atoms with van der Waals surface area (Å²) in [5, 5.41) is 14.2. The SMILES string of the molecule is CCC1C(=O)NCCN1C(=O)c1nnc(NC)s1. The molecule has 1 saturated heterocycles. The van der Waals surface area contributed by atoms with Crippen LogP contribution in [0.4, 0.5) is 5.13 Å². The van der Waals surface area contributed by atoms with Crippen molar-refractivity contribution in [1.82, 2.24) is 20.4 Å². The molecule has 0 bridgehead atoms. The lowest BCUT2D eigenvalue weighted by atomic mass is 10.1. The van der Waals surface area contributed by atoms with Crippen LogP contribution in [0.15, 0.2) is 0 Å². The first-order chi connectivity index (χ1) is 8.67. The van der Waals surface area contributed by atoms with E-state index in [1.807, 2.05) is 6.92 Å². The van der Waals surface area contributed by atoms with Gasteiger partial charge in [-0.15, -0.1) is 10.2 Å². The van der Waals surface area contributed by atoms with E-state index in [0.29, 0.717) is 29.6 Å². The number of anilines is 1. The number of rotatable bonds is 3. The first-order valence-electron chi connectivity index (χ1n) is 5.77. The minimum absolute atomic E-state index is 0.101. The minimum Gasteiger partial charge on any atom is -0.363 e. The van der Waals surface area contributed by atoms with Crippen molar-refractivity contribution in [2.24, 2.45) is 0 Å². The van der Waals surface area contributed by atoms with Crippen molar-refractivity contribution in [3.8, 4) is 0 Å². The molecule has 0 aliphatic carbocycles. The molecular formula is C10H15N5O2S. The lowest BCUT2D eigenvalue weighted by Crippen LogP contribution is -2.56. The molecule has 1 fully saturated rings. The molecule has 8 heteroatoms. The Bertz CT molecular complexity index is 461. The maximum absolute atomic E-state index is 12.3. The highest BCUT2D eigenvalue weighted by Crippen LogP contribution is 2.19. The number of piperazine rings is 1. The zero-order valence-corrected chi connectivity index (χ0v) is 11.1. The smallest absolute Gasteiger partial charge is 0.285 e. The summed E-state index contributed by atoms with van der Waals surface area (Å²) in [6.45, 7) is 2.88. The van der Waals surface area contributed by atoms with Crippen LogP contribution in [0.3, 0.4) is 0 Å². The van der Waals surface area contributed by atoms with E-state index in [-0.39, 0.29) is 11.8 Å². The van der Waals surface area contributed by atoms with Gasteiger partial charge in [-0.3, -0.25) is 9.59 Å². The fraction of sp³-hybridized carbons (Fsp3) is 0.600. The highest BCUT2D eigenvalue weighted by molar-refractivity contribution is 7.17. The summed E-state index contributed by atoms with van der Waals surface area (Å²) in [5.41, 5.74) is 0. The third-order valence-electron chi connectivity index (χ3n) is 2.80. The Morgan fingerprint density at radius 2 is 2.39 bits per heavy atom. The average Bonchev–Trinajstić information content (AvgIpc) is 2.86. The van der Waals surface area contributed by atoms with E-state index in [0.717, 1.165) is 0 Å². The van der Waals surface area contributed by atoms with Crippen LogP contribution in [0, 0.1) is 0 Å². The number of hydrogen-bond acceptors (Lipinski definition) is 6. The Kier molecular flexibility index (Phi) is 3.75. The summed E-state index contributed by atoms with van der Waals surface area (Å²) in [5.74, 6) is -0.328. The predicted molar refractivity (Wildman–Crippen MR) is 67.6 cm³/mol. The van der Waals surface area contributed by atoms with Crippen molar-refractivity contribution in [2.75, 3.05) is 25.5 Å². The highest BCUT2D eigenvalue weighted by Gasteiger charge is 2.33. The summed E-state index contributed by atoms with van der Waals surface area (Å²) in [7, 11) is 1.72. The topological polar surface area (TPSA) is 87.2 Å². The lowest BCUT2D eigenvalue weighted by Gasteiger charge is -2.33. The van der Waals surface area contributed by atoms with E-state index in [9.17, 15) is 9.59 Å². The number of aromatic nitrogens is 2. The zero-order valence-electron chi connectivity index (χ0n) is 10.3. The second-order valence-corrected chi connectivity index (χ2v) is 4.85. The summed E-state index contributed by atoms with van der Waals surface area (Å²) in [4.78, 5) is 25.5. The van der Waals surface area contributed by atoms with Crippen LogP contribution in [0.1, 0.15) is 23.1 Å². The van der Waals surface area contributed by atoms with Gasteiger partial charge in [0, 0.05) is 20.1 Å². The summed E-state index contributed by atoms with van der Waals surface area (Å²) < 4.78 is 0. The Labute approximate surface area is 109 Å². The molecule has 1 aliphatic heterocycles. The summed E-state index contributed by atoms with van der Waals surface area (Å²) in [6, 6.07) is -0.409. The molecule has 0 radical (unpaired) electrons. The predicted octanol–water partition coefficient (Wildman–Crippen LogP) is -0.0696. The van der Waals surface area contributed by atoms with Crippen molar-refractivity contribution < 1.29 is 9.59 Å². The quantitative estimate of drug-likeness (QED) is 0.802. The van der Waals surface area contributed by atoms with Crippen LogP contribution < -0.4 is 10.6 Å². The van der Waals surface area contributed by atoms with Gasteiger partial charge in [-0.25, -0.2) is 0 Å². The van der Waals surface area contributed by atoms with Crippen LogP contribution in [0.5, 0.6) is 0 Å². The van der Waals surface area contributed by atoms with Crippen LogP contribution >= 0.6 is 11.3 Å². The third kappa shape index (κ3) is 2.28.